The molecular formula is C30H34N2O9. The van der Waals surface area contributed by atoms with Gasteiger partial charge in [-0.1, -0.05) is 36.4 Å². The highest BCUT2D eigenvalue weighted by Crippen LogP contribution is 2.29. The molecule has 3 aromatic rings. The predicted molar refractivity (Wildman–Crippen MR) is 149 cm³/mol. The molecule has 1 fully saturated rings. The van der Waals surface area contributed by atoms with Gasteiger partial charge >= 0.3 is 11.9 Å². The lowest BCUT2D eigenvalue weighted by Gasteiger charge is -2.34. The van der Waals surface area contributed by atoms with Crippen molar-refractivity contribution in [3.63, 3.8) is 0 Å². The first-order valence-electron chi connectivity index (χ1n) is 12.9. The molecule has 0 aromatic heterocycles. The molecule has 0 aliphatic carbocycles. The molecule has 3 aromatic carbocycles. The maximum absolute atomic E-state index is 12.6. The summed E-state index contributed by atoms with van der Waals surface area (Å²) in [5.41, 5.74) is 2.26. The first-order valence-corrected chi connectivity index (χ1v) is 12.9. The van der Waals surface area contributed by atoms with E-state index in [1.807, 2.05) is 59.5 Å². The summed E-state index contributed by atoms with van der Waals surface area (Å²) in [6.45, 7) is 4.28. The van der Waals surface area contributed by atoms with Crippen LogP contribution in [0.4, 0.5) is 0 Å². The number of aliphatic carboxylic acids is 2. The molecule has 0 saturated carbocycles. The number of carboxylic acids is 2. The van der Waals surface area contributed by atoms with E-state index in [1.165, 1.54) is 0 Å². The fraction of sp³-hybridized carbons (Fsp3) is 0.300. The number of carbonyl (C=O) groups is 3. The van der Waals surface area contributed by atoms with E-state index in [-0.39, 0.29) is 12.5 Å². The number of ether oxygens (including phenoxy) is 4. The molecular weight excluding hydrogens is 532 g/mol. The molecule has 1 aliphatic rings. The van der Waals surface area contributed by atoms with E-state index in [2.05, 4.69) is 11.0 Å². The van der Waals surface area contributed by atoms with Crippen LogP contribution in [0.2, 0.25) is 0 Å². The molecule has 0 bridgehead atoms. The van der Waals surface area contributed by atoms with Crippen LogP contribution in [0.15, 0.2) is 72.8 Å². The largest absolute Gasteiger partial charge is 0.497 e. The fourth-order valence-corrected chi connectivity index (χ4v) is 3.99. The molecule has 1 aliphatic heterocycles. The van der Waals surface area contributed by atoms with Crippen LogP contribution < -0.4 is 18.9 Å². The van der Waals surface area contributed by atoms with Gasteiger partial charge in [0.2, 0.25) is 0 Å². The Morgan fingerprint density at radius 3 is 1.93 bits per heavy atom. The minimum Gasteiger partial charge on any atom is -0.497 e. The second-order valence-corrected chi connectivity index (χ2v) is 8.99. The van der Waals surface area contributed by atoms with Crippen molar-refractivity contribution in [3.05, 3.63) is 83.9 Å². The van der Waals surface area contributed by atoms with Crippen molar-refractivity contribution >= 4 is 17.8 Å². The minimum absolute atomic E-state index is 0.00140. The Morgan fingerprint density at radius 1 is 0.707 bits per heavy atom. The van der Waals surface area contributed by atoms with Gasteiger partial charge in [0.15, 0.2) is 18.1 Å². The fourth-order valence-electron chi connectivity index (χ4n) is 3.99. The van der Waals surface area contributed by atoms with Gasteiger partial charge in [-0.15, -0.1) is 0 Å². The molecule has 218 valence electrons. The predicted octanol–water partition coefficient (Wildman–Crippen LogP) is 3.16. The zero-order valence-corrected chi connectivity index (χ0v) is 23.0. The third-order valence-electron chi connectivity index (χ3n) is 6.20. The molecule has 1 saturated heterocycles. The van der Waals surface area contributed by atoms with Crippen LogP contribution in [0.1, 0.15) is 11.1 Å². The number of amides is 1. The monoisotopic (exact) mass is 566 g/mol. The summed E-state index contributed by atoms with van der Waals surface area (Å²) >= 11 is 0. The van der Waals surface area contributed by atoms with E-state index < -0.39 is 11.9 Å². The molecule has 11 nitrogen and oxygen atoms in total. The molecule has 1 amide bonds. The van der Waals surface area contributed by atoms with E-state index in [0.29, 0.717) is 25.4 Å². The molecule has 1 heterocycles. The highest BCUT2D eigenvalue weighted by Gasteiger charge is 2.22. The summed E-state index contributed by atoms with van der Waals surface area (Å²) in [6.07, 6.45) is 0. The first-order chi connectivity index (χ1) is 19.8. The van der Waals surface area contributed by atoms with Crippen LogP contribution in [0.5, 0.6) is 23.0 Å². The Kier molecular flexibility index (Phi) is 11.8. The zero-order chi connectivity index (χ0) is 29.6. The van der Waals surface area contributed by atoms with Crippen molar-refractivity contribution in [1.82, 2.24) is 9.80 Å². The molecule has 2 N–H and O–H groups in total. The standard InChI is InChI=1S/C28H32N2O5.C2H2O4/c1-32-24-9-11-25(12-10-24)34-21-28(31)30-16-14-29(15-17-30)19-23-8-13-26(33-2)27(18-23)35-20-22-6-4-3-5-7-22;3-1(4)2(5)6/h3-13,18H,14-17,19-21H2,1-2H3;(H,3,4)(H,5,6). The average molecular weight is 567 g/mol. The lowest BCUT2D eigenvalue weighted by atomic mass is 10.1. The van der Waals surface area contributed by atoms with Crippen molar-refractivity contribution in [3.8, 4) is 23.0 Å². The number of rotatable bonds is 10. The molecule has 0 radical (unpaired) electrons. The highest BCUT2D eigenvalue weighted by atomic mass is 16.5. The number of carboxylic acid groups (broad SMARTS) is 2. The van der Waals surface area contributed by atoms with Crippen molar-refractivity contribution in [1.29, 1.82) is 0 Å². The van der Waals surface area contributed by atoms with Gasteiger partial charge in [0, 0.05) is 32.7 Å². The molecule has 0 atom stereocenters. The number of benzene rings is 3. The van der Waals surface area contributed by atoms with Crippen LogP contribution in [-0.2, 0) is 27.5 Å². The molecule has 4 rings (SSSR count). The van der Waals surface area contributed by atoms with E-state index in [9.17, 15) is 4.79 Å². The number of hydrogen-bond donors (Lipinski definition) is 2. The van der Waals surface area contributed by atoms with E-state index in [1.54, 1.807) is 26.4 Å². The van der Waals surface area contributed by atoms with Gasteiger partial charge in [0.05, 0.1) is 14.2 Å². The smallest absolute Gasteiger partial charge is 0.414 e. The Balaban J connectivity index is 0.000000696. The van der Waals surface area contributed by atoms with Crippen molar-refractivity contribution in [2.45, 2.75) is 13.2 Å². The van der Waals surface area contributed by atoms with E-state index in [4.69, 9.17) is 38.7 Å². The second-order valence-electron chi connectivity index (χ2n) is 8.99. The molecule has 0 spiro atoms. The van der Waals surface area contributed by atoms with Crippen LogP contribution in [0.25, 0.3) is 0 Å². The number of carbonyl (C=O) groups excluding carboxylic acids is 1. The minimum atomic E-state index is -1.82. The summed E-state index contributed by atoms with van der Waals surface area (Å²) < 4.78 is 22.3. The summed E-state index contributed by atoms with van der Waals surface area (Å²) in [4.78, 5) is 35.0. The van der Waals surface area contributed by atoms with Crippen molar-refractivity contribution in [2.75, 3.05) is 47.0 Å². The van der Waals surface area contributed by atoms with Gasteiger partial charge in [-0.05, 0) is 47.5 Å². The van der Waals surface area contributed by atoms with Gasteiger partial charge in [-0.25, -0.2) is 9.59 Å². The average Bonchev–Trinajstić information content (AvgIpc) is 3.00. The van der Waals surface area contributed by atoms with E-state index in [0.717, 1.165) is 48.0 Å². The number of piperazine rings is 1. The van der Waals surface area contributed by atoms with Crippen LogP contribution in [0.3, 0.4) is 0 Å². The summed E-state index contributed by atoms with van der Waals surface area (Å²) in [5, 5.41) is 14.8. The maximum atomic E-state index is 12.6. The van der Waals surface area contributed by atoms with E-state index >= 15 is 0 Å². The second kappa shape index (κ2) is 15.7. The van der Waals surface area contributed by atoms with Gasteiger partial charge in [-0.3, -0.25) is 9.69 Å². The normalized spacial score (nSPS) is 12.9. The maximum Gasteiger partial charge on any atom is 0.414 e. The zero-order valence-electron chi connectivity index (χ0n) is 23.0. The van der Waals surface area contributed by atoms with Gasteiger partial charge in [0.1, 0.15) is 18.1 Å². The number of methoxy groups -OCH3 is 2. The van der Waals surface area contributed by atoms with Crippen LogP contribution in [0, 0.1) is 0 Å². The van der Waals surface area contributed by atoms with Gasteiger partial charge in [-0.2, -0.15) is 0 Å². The quantitative estimate of drug-likeness (QED) is 0.352. The molecule has 0 unspecified atom stereocenters. The molecule has 11 heteroatoms. The molecule has 41 heavy (non-hydrogen) atoms. The lowest BCUT2D eigenvalue weighted by Crippen LogP contribution is -2.49. The lowest BCUT2D eigenvalue weighted by molar-refractivity contribution is -0.159. The van der Waals surface area contributed by atoms with Gasteiger partial charge < -0.3 is 34.1 Å². The van der Waals surface area contributed by atoms with Crippen LogP contribution >= 0.6 is 0 Å². The SMILES string of the molecule is COc1ccc(OCC(=O)N2CCN(Cc3ccc(OC)c(OCc4ccccc4)c3)CC2)cc1.O=C(O)C(=O)O. The number of hydrogen-bond acceptors (Lipinski definition) is 8. The Hall–Kier alpha value is -4.77. The van der Waals surface area contributed by atoms with Crippen LogP contribution in [-0.4, -0.2) is 84.9 Å². The van der Waals surface area contributed by atoms with Crippen molar-refractivity contribution in [2.24, 2.45) is 0 Å². The van der Waals surface area contributed by atoms with Gasteiger partial charge in [0.25, 0.3) is 5.91 Å². The number of nitrogens with zero attached hydrogens (tertiary/aromatic N) is 2. The topological polar surface area (TPSA) is 135 Å². The Morgan fingerprint density at radius 2 is 1.34 bits per heavy atom. The third-order valence-corrected chi connectivity index (χ3v) is 6.20. The highest BCUT2D eigenvalue weighted by molar-refractivity contribution is 6.27. The summed E-state index contributed by atoms with van der Waals surface area (Å²) in [5.74, 6) is -0.782. The summed E-state index contributed by atoms with van der Waals surface area (Å²) in [7, 11) is 3.27. The Labute approximate surface area is 238 Å². The third kappa shape index (κ3) is 10.0. The Bertz CT molecular complexity index is 1260. The summed E-state index contributed by atoms with van der Waals surface area (Å²) in [6, 6.07) is 23.4. The van der Waals surface area contributed by atoms with Crippen molar-refractivity contribution < 1.29 is 43.5 Å². The first kappa shape index (κ1) is 30.8.